The molecule has 0 heterocycles. The molecule has 0 aromatic heterocycles. The minimum atomic E-state index is -0.437. The number of aromatic hydroxyl groups is 1. The van der Waals surface area contributed by atoms with Gasteiger partial charge in [-0.15, -0.1) is 0 Å². The van der Waals surface area contributed by atoms with Gasteiger partial charge in [0.15, 0.2) is 0 Å². The second-order valence-electron chi connectivity index (χ2n) is 8.77. The molecule has 25 heavy (non-hydrogen) atoms. The maximum Gasteiger partial charge on any atom is 0.236 e. The number of carbonyl (C=O) groups excluding carboxylic acids is 1. The highest BCUT2D eigenvalue weighted by Gasteiger charge is 2.55. The molecular formula is C21H30N2O2. The van der Waals surface area contributed by atoms with E-state index in [0.29, 0.717) is 23.5 Å². The van der Waals surface area contributed by atoms with Crippen molar-refractivity contribution in [2.75, 3.05) is 0 Å². The van der Waals surface area contributed by atoms with Crippen molar-refractivity contribution in [3.63, 3.8) is 0 Å². The fourth-order valence-electron chi connectivity index (χ4n) is 6.11. The molecule has 0 spiro atoms. The van der Waals surface area contributed by atoms with Crippen molar-refractivity contribution in [2.45, 2.75) is 70.4 Å². The third-order valence-electron chi connectivity index (χ3n) is 7.44. The van der Waals surface area contributed by atoms with Gasteiger partial charge in [0.05, 0.1) is 6.04 Å². The number of hydrogen-bond donors (Lipinski definition) is 3. The number of nitrogens with one attached hydrogen (secondary N) is 1. The van der Waals surface area contributed by atoms with Crippen LogP contribution in [0.4, 0.5) is 0 Å². The number of phenols is 1. The van der Waals surface area contributed by atoms with Crippen molar-refractivity contribution < 1.29 is 9.90 Å². The molecule has 4 heteroatoms. The summed E-state index contributed by atoms with van der Waals surface area (Å²) in [6.45, 7) is 4.15. The van der Waals surface area contributed by atoms with E-state index in [4.69, 9.17) is 5.73 Å². The van der Waals surface area contributed by atoms with Crippen LogP contribution in [0, 0.1) is 17.3 Å². The van der Waals surface area contributed by atoms with Gasteiger partial charge in [0.25, 0.3) is 0 Å². The van der Waals surface area contributed by atoms with E-state index in [2.05, 4.69) is 18.3 Å². The van der Waals surface area contributed by atoms with Crippen molar-refractivity contribution >= 4 is 5.91 Å². The predicted octanol–water partition coefficient (Wildman–Crippen LogP) is 3.08. The molecule has 2 saturated carbocycles. The summed E-state index contributed by atoms with van der Waals surface area (Å²) in [5.74, 6) is 2.36. The van der Waals surface area contributed by atoms with Gasteiger partial charge in [0, 0.05) is 6.04 Å². The van der Waals surface area contributed by atoms with Gasteiger partial charge in [-0.25, -0.2) is 0 Å². The van der Waals surface area contributed by atoms with Crippen molar-refractivity contribution in [3.05, 3.63) is 29.3 Å². The van der Waals surface area contributed by atoms with Crippen molar-refractivity contribution in [1.82, 2.24) is 5.32 Å². The van der Waals surface area contributed by atoms with Crippen molar-refractivity contribution in [3.8, 4) is 5.75 Å². The summed E-state index contributed by atoms with van der Waals surface area (Å²) < 4.78 is 0. The molecular weight excluding hydrogens is 312 g/mol. The van der Waals surface area contributed by atoms with E-state index in [0.717, 1.165) is 19.3 Å². The van der Waals surface area contributed by atoms with Crippen LogP contribution in [-0.2, 0) is 11.2 Å². The quantitative estimate of drug-likeness (QED) is 0.773. The van der Waals surface area contributed by atoms with E-state index in [1.807, 2.05) is 12.1 Å². The smallest absolute Gasteiger partial charge is 0.236 e. The van der Waals surface area contributed by atoms with Gasteiger partial charge in [0.2, 0.25) is 5.91 Å². The number of benzene rings is 1. The van der Waals surface area contributed by atoms with Crippen LogP contribution in [0.2, 0.25) is 0 Å². The molecule has 3 aliphatic rings. The van der Waals surface area contributed by atoms with E-state index >= 15 is 0 Å². The van der Waals surface area contributed by atoms with Crippen LogP contribution in [0.15, 0.2) is 18.2 Å². The second-order valence-corrected chi connectivity index (χ2v) is 8.77. The van der Waals surface area contributed by atoms with Crippen LogP contribution >= 0.6 is 0 Å². The predicted molar refractivity (Wildman–Crippen MR) is 98.3 cm³/mol. The highest BCUT2D eigenvalue weighted by molar-refractivity contribution is 5.81. The number of aryl methyl sites for hydroxylation is 1. The highest BCUT2D eigenvalue weighted by atomic mass is 16.3. The van der Waals surface area contributed by atoms with Crippen LogP contribution in [0.25, 0.3) is 0 Å². The fourth-order valence-corrected chi connectivity index (χ4v) is 6.11. The lowest BCUT2D eigenvalue weighted by molar-refractivity contribution is -0.123. The number of amides is 1. The lowest BCUT2D eigenvalue weighted by atomic mass is 9.55. The first-order chi connectivity index (χ1) is 11.9. The van der Waals surface area contributed by atoms with E-state index < -0.39 is 6.04 Å². The van der Waals surface area contributed by atoms with Gasteiger partial charge in [-0.1, -0.05) is 13.0 Å². The molecule has 4 N–H and O–H groups in total. The fraction of sp³-hybridized carbons (Fsp3) is 0.667. The molecule has 4 rings (SSSR count). The van der Waals surface area contributed by atoms with Gasteiger partial charge < -0.3 is 16.2 Å². The first-order valence-electron chi connectivity index (χ1n) is 9.78. The molecule has 1 aromatic carbocycles. The SMILES string of the molecule is CC(N)C(=O)NC1CCC2C3CCc4cc(O)ccc4C3CCC12C. The minimum Gasteiger partial charge on any atom is -0.508 e. The number of rotatable bonds is 2. The molecule has 3 aliphatic carbocycles. The Morgan fingerprint density at radius 2 is 2.12 bits per heavy atom. The monoisotopic (exact) mass is 342 g/mol. The third kappa shape index (κ3) is 2.66. The lowest BCUT2D eigenvalue weighted by Gasteiger charge is -2.51. The Bertz CT molecular complexity index is 686. The van der Waals surface area contributed by atoms with E-state index in [1.165, 1.54) is 30.4 Å². The first kappa shape index (κ1) is 16.9. The van der Waals surface area contributed by atoms with Crippen molar-refractivity contribution in [2.24, 2.45) is 23.0 Å². The standard InChI is InChI=1S/C21H30N2O2/c1-12(22)20(25)23-19-8-7-18-17-5-3-13-11-14(24)4-6-15(13)16(17)9-10-21(18,19)2/h4,6,11-12,16-19,24H,3,5,7-10,22H2,1-2H3,(H,23,25). The average Bonchev–Trinajstić information content (AvgIpc) is 2.91. The summed E-state index contributed by atoms with van der Waals surface area (Å²) >= 11 is 0. The second kappa shape index (κ2) is 6.01. The Labute approximate surface area is 150 Å². The number of carbonyl (C=O) groups is 1. The first-order valence-corrected chi connectivity index (χ1v) is 9.78. The Hall–Kier alpha value is -1.55. The third-order valence-corrected chi connectivity index (χ3v) is 7.44. The zero-order chi connectivity index (χ0) is 17.8. The topological polar surface area (TPSA) is 75.4 Å². The van der Waals surface area contributed by atoms with E-state index in [1.54, 1.807) is 6.92 Å². The maximum absolute atomic E-state index is 12.1. The summed E-state index contributed by atoms with van der Waals surface area (Å²) in [4.78, 5) is 12.1. The Morgan fingerprint density at radius 1 is 1.32 bits per heavy atom. The molecule has 4 nitrogen and oxygen atoms in total. The highest BCUT2D eigenvalue weighted by Crippen LogP contribution is 2.60. The summed E-state index contributed by atoms with van der Waals surface area (Å²) in [5.41, 5.74) is 8.75. The van der Waals surface area contributed by atoms with Crippen LogP contribution < -0.4 is 11.1 Å². The largest absolute Gasteiger partial charge is 0.508 e. The van der Waals surface area contributed by atoms with E-state index in [9.17, 15) is 9.90 Å². The Balaban J connectivity index is 1.58. The molecule has 1 aromatic rings. The molecule has 136 valence electrons. The molecule has 1 amide bonds. The Kier molecular flexibility index (Phi) is 4.06. The van der Waals surface area contributed by atoms with Gasteiger partial charge in [-0.2, -0.15) is 0 Å². The zero-order valence-corrected chi connectivity index (χ0v) is 15.3. The van der Waals surface area contributed by atoms with Crippen LogP contribution in [0.1, 0.15) is 63.0 Å². The summed E-state index contributed by atoms with van der Waals surface area (Å²) in [7, 11) is 0. The summed E-state index contributed by atoms with van der Waals surface area (Å²) in [5, 5.41) is 13.0. The van der Waals surface area contributed by atoms with Gasteiger partial charge in [0.1, 0.15) is 5.75 Å². The average molecular weight is 342 g/mol. The summed E-state index contributed by atoms with van der Waals surface area (Å²) in [6.07, 6.45) is 6.88. The van der Waals surface area contributed by atoms with Gasteiger partial charge >= 0.3 is 0 Å². The molecule has 0 radical (unpaired) electrons. The normalized spacial score (nSPS) is 37.6. The van der Waals surface area contributed by atoms with Crippen LogP contribution in [-0.4, -0.2) is 23.1 Å². The number of phenolic OH excluding ortho intramolecular Hbond substituents is 1. The molecule has 6 unspecified atom stereocenters. The van der Waals surface area contributed by atoms with Gasteiger partial charge in [-0.05, 0) is 91.9 Å². The summed E-state index contributed by atoms with van der Waals surface area (Å²) in [6, 6.07) is 5.77. The van der Waals surface area contributed by atoms with Crippen LogP contribution in [0.3, 0.4) is 0 Å². The van der Waals surface area contributed by atoms with Crippen molar-refractivity contribution in [1.29, 1.82) is 0 Å². The maximum atomic E-state index is 12.1. The molecule has 6 atom stereocenters. The number of nitrogens with two attached hydrogens (primary N) is 1. The van der Waals surface area contributed by atoms with Gasteiger partial charge in [-0.3, -0.25) is 4.79 Å². The minimum absolute atomic E-state index is 0.0153. The molecule has 2 fully saturated rings. The molecule has 0 saturated heterocycles. The molecule has 0 bridgehead atoms. The lowest BCUT2D eigenvalue weighted by Crippen LogP contribution is -2.52. The van der Waals surface area contributed by atoms with E-state index in [-0.39, 0.29) is 17.4 Å². The number of hydrogen-bond acceptors (Lipinski definition) is 3. The number of fused-ring (bicyclic) bond motifs is 5. The Morgan fingerprint density at radius 3 is 2.88 bits per heavy atom. The zero-order valence-electron chi connectivity index (χ0n) is 15.3. The molecule has 0 aliphatic heterocycles. The van der Waals surface area contributed by atoms with Crippen LogP contribution in [0.5, 0.6) is 5.75 Å².